The second-order valence-electron chi connectivity index (χ2n) is 5.20. The molecule has 0 radical (unpaired) electrons. The van der Waals surface area contributed by atoms with Gasteiger partial charge >= 0.3 is 5.97 Å². The van der Waals surface area contributed by atoms with Crippen molar-refractivity contribution in [1.82, 2.24) is 5.32 Å². The first-order chi connectivity index (χ1) is 11.3. The molecule has 0 fully saturated rings. The van der Waals surface area contributed by atoms with E-state index < -0.39 is 15.8 Å². The smallest absolute Gasteiger partial charge is 0.338 e. The molecule has 1 amide bonds. The number of carbonyl (C=O) groups excluding carboxylic acids is 2. The lowest BCUT2D eigenvalue weighted by molar-refractivity contribution is -0.124. The lowest BCUT2D eigenvalue weighted by Gasteiger charge is -2.06. The van der Waals surface area contributed by atoms with Crippen LogP contribution in [0.1, 0.15) is 20.8 Å². The van der Waals surface area contributed by atoms with Gasteiger partial charge in [0.1, 0.15) is 0 Å². The van der Waals surface area contributed by atoms with E-state index >= 15 is 0 Å². The third-order valence-corrected chi connectivity index (χ3v) is 4.73. The molecule has 0 unspecified atom stereocenters. The summed E-state index contributed by atoms with van der Waals surface area (Å²) in [7, 11) is -3.13. The predicted octanol–water partition coefficient (Wildman–Crippen LogP) is 1.77. The van der Waals surface area contributed by atoms with Crippen molar-refractivity contribution in [3.63, 3.8) is 0 Å². The van der Waals surface area contributed by atoms with Crippen molar-refractivity contribution in [3.8, 4) is 0 Å². The van der Waals surface area contributed by atoms with Gasteiger partial charge in [0.25, 0.3) is 5.91 Å². The van der Waals surface area contributed by atoms with E-state index in [-0.39, 0.29) is 23.8 Å². The number of carbonyl (C=O) groups is 2. The van der Waals surface area contributed by atoms with Gasteiger partial charge in [0, 0.05) is 11.1 Å². The van der Waals surface area contributed by atoms with Crippen molar-refractivity contribution in [2.24, 2.45) is 0 Å². The summed E-state index contributed by atoms with van der Waals surface area (Å²) in [4.78, 5) is 24.5. The van der Waals surface area contributed by atoms with Crippen LogP contribution in [0.5, 0.6) is 0 Å². The largest absolute Gasteiger partial charge is 0.452 e. The third-order valence-electron chi connectivity index (χ3n) is 2.99. The van der Waals surface area contributed by atoms with Gasteiger partial charge in [-0.25, -0.2) is 13.2 Å². The highest BCUT2D eigenvalue weighted by atomic mass is 32.2. The highest BCUT2D eigenvalue weighted by Crippen LogP contribution is 2.09. The van der Waals surface area contributed by atoms with Crippen molar-refractivity contribution in [2.45, 2.75) is 12.3 Å². The minimum Gasteiger partial charge on any atom is -0.452 e. The fourth-order valence-electron chi connectivity index (χ4n) is 1.90. The Morgan fingerprint density at radius 3 is 2.46 bits per heavy atom. The Hall–Kier alpha value is -2.19. The number of benzene rings is 1. The summed E-state index contributed by atoms with van der Waals surface area (Å²) in [6, 6.07) is 9.84. The van der Waals surface area contributed by atoms with Gasteiger partial charge in [-0.2, -0.15) is 0 Å². The van der Waals surface area contributed by atoms with Gasteiger partial charge in [-0.3, -0.25) is 4.79 Å². The Labute approximate surface area is 144 Å². The summed E-state index contributed by atoms with van der Waals surface area (Å²) in [5.74, 6) is -1.11. The molecule has 1 aromatic heterocycles. The van der Waals surface area contributed by atoms with Crippen molar-refractivity contribution in [3.05, 3.63) is 57.8 Å². The van der Waals surface area contributed by atoms with Gasteiger partial charge in [0.15, 0.2) is 16.4 Å². The van der Waals surface area contributed by atoms with Gasteiger partial charge in [0.05, 0.1) is 17.9 Å². The van der Waals surface area contributed by atoms with Crippen LogP contribution in [0.4, 0.5) is 0 Å². The van der Waals surface area contributed by atoms with E-state index in [1.54, 1.807) is 12.1 Å². The molecule has 24 heavy (non-hydrogen) atoms. The minimum atomic E-state index is -3.13. The number of nitrogens with one attached hydrogen (secondary N) is 1. The minimum absolute atomic E-state index is 0.0898. The van der Waals surface area contributed by atoms with Crippen molar-refractivity contribution >= 4 is 33.1 Å². The number of amides is 1. The molecule has 0 bridgehead atoms. The Morgan fingerprint density at radius 2 is 1.88 bits per heavy atom. The Balaban J connectivity index is 1.80. The van der Waals surface area contributed by atoms with E-state index in [4.69, 9.17) is 4.74 Å². The summed E-state index contributed by atoms with van der Waals surface area (Å²) >= 11 is 1.53. The first-order valence-electron chi connectivity index (χ1n) is 7.06. The molecule has 1 heterocycles. The summed E-state index contributed by atoms with van der Waals surface area (Å²) in [5.41, 5.74) is 0.848. The van der Waals surface area contributed by atoms with Crippen LogP contribution in [0.25, 0.3) is 0 Å². The van der Waals surface area contributed by atoms with Gasteiger partial charge in [-0.1, -0.05) is 18.2 Å². The zero-order valence-corrected chi connectivity index (χ0v) is 14.7. The quantitative estimate of drug-likeness (QED) is 0.753. The third kappa shape index (κ3) is 6.13. The molecule has 1 N–H and O–H groups in total. The fourth-order valence-corrected chi connectivity index (χ4v) is 3.35. The molecule has 0 spiro atoms. The molecular weight excluding hydrogens is 350 g/mol. The van der Waals surface area contributed by atoms with E-state index in [2.05, 4.69) is 5.32 Å². The number of esters is 1. The van der Waals surface area contributed by atoms with Crippen LogP contribution in [-0.4, -0.2) is 33.2 Å². The van der Waals surface area contributed by atoms with Crippen LogP contribution in [-0.2, 0) is 31.7 Å². The molecule has 8 heteroatoms. The van der Waals surface area contributed by atoms with E-state index in [1.807, 2.05) is 17.5 Å². The van der Waals surface area contributed by atoms with Gasteiger partial charge < -0.3 is 10.1 Å². The van der Waals surface area contributed by atoms with E-state index in [1.165, 1.54) is 23.5 Å². The first-order valence-corrected chi connectivity index (χ1v) is 10.0. The maximum atomic E-state index is 11.9. The van der Waals surface area contributed by atoms with Crippen LogP contribution in [0.3, 0.4) is 0 Å². The molecule has 128 valence electrons. The van der Waals surface area contributed by atoms with Crippen LogP contribution in [0.15, 0.2) is 41.8 Å². The van der Waals surface area contributed by atoms with E-state index in [0.717, 1.165) is 11.1 Å². The number of rotatable bonds is 7. The molecule has 0 saturated heterocycles. The number of sulfone groups is 1. The lowest BCUT2D eigenvalue weighted by Crippen LogP contribution is -2.28. The molecule has 0 saturated carbocycles. The van der Waals surface area contributed by atoms with Gasteiger partial charge in [-0.15, -0.1) is 11.3 Å². The first kappa shape index (κ1) is 18.2. The zero-order valence-electron chi connectivity index (χ0n) is 13.0. The average Bonchev–Trinajstić information content (AvgIpc) is 3.03. The molecule has 1 aromatic carbocycles. The molecule has 2 aromatic rings. The molecule has 0 aliphatic carbocycles. The number of thiophene rings is 1. The van der Waals surface area contributed by atoms with E-state index in [9.17, 15) is 18.0 Å². The number of hydrogen-bond donors (Lipinski definition) is 1. The highest BCUT2D eigenvalue weighted by molar-refractivity contribution is 7.89. The van der Waals surface area contributed by atoms with E-state index in [0.29, 0.717) is 12.1 Å². The van der Waals surface area contributed by atoms with Crippen LogP contribution < -0.4 is 5.32 Å². The fraction of sp³-hybridized carbons (Fsp3) is 0.250. The van der Waals surface area contributed by atoms with Gasteiger partial charge in [-0.05, 0) is 29.1 Å². The molecule has 0 aliphatic rings. The summed E-state index contributed by atoms with van der Waals surface area (Å²) < 4.78 is 27.4. The second kappa shape index (κ2) is 8.07. The topological polar surface area (TPSA) is 89.5 Å². The van der Waals surface area contributed by atoms with Crippen molar-refractivity contribution in [2.75, 3.05) is 12.9 Å². The standard InChI is InChI=1S/C16H17NO5S2/c1-24(20,21)11-12-4-6-13(7-5-12)16(19)22-10-15(18)17-9-14-3-2-8-23-14/h2-8H,9-11H2,1H3,(H,17,18). The average molecular weight is 367 g/mol. The maximum absolute atomic E-state index is 11.9. The summed E-state index contributed by atoms with van der Waals surface area (Å²) in [6.07, 6.45) is 1.14. The zero-order chi connectivity index (χ0) is 17.6. The lowest BCUT2D eigenvalue weighted by atomic mass is 10.1. The summed E-state index contributed by atoms with van der Waals surface area (Å²) in [6.45, 7) is 0.0313. The Kier molecular flexibility index (Phi) is 6.10. The SMILES string of the molecule is CS(=O)(=O)Cc1ccc(C(=O)OCC(=O)NCc2cccs2)cc1. The second-order valence-corrected chi connectivity index (χ2v) is 8.37. The molecular formula is C16H17NO5S2. The predicted molar refractivity (Wildman–Crippen MR) is 91.4 cm³/mol. The van der Waals surface area contributed by atoms with Gasteiger partial charge in [0.2, 0.25) is 0 Å². The molecule has 0 atom stereocenters. The van der Waals surface area contributed by atoms with Crippen LogP contribution in [0, 0.1) is 0 Å². The van der Waals surface area contributed by atoms with Crippen molar-refractivity contribution < 1.29 is 22.7 Å². The summed E-state index contributed by atoms with van der Waals surface area (Å²) in [5, 5.41) is 4.57. The monoisotopic (exact) mass is 367 g/mol. The Bertz CT molecular complexity index is 796. The van der Waals surface area contributed by atoms with Crippen LogP contribution in [0.2, 0.25) is 0 Å². The van der Waals surface area contributed by atoms with Crippen LogP contribution >= 0.6 is 11.3 Å². The normalized spacial score (nSPS) is 11.0. The molecule has 6 nitrogen and oxygen atoms in total. The molecule has 0 aliphatic heterocycles. The number of hydrogen-bond acceptors (Lipinski definition) is 6. The maximum Gasteiger partial charge on any atom is 0.338 e. The number of ether oxygens (including phenoxy) is 1. The Morgan fingerprint density at radius 1 is 1.17 bits per heavy atom. The highest BCUT2D eigenvalue weighted by Gasteiger charge is 2.11. The molecule has 2 rings (SSSR count). The van der Waals surface area contributed by atoms with Crippen molar-refractivity contribution in [1.29, 1.82) is 0 Å².